The van der Waals surface area contributed by atoms with Crippen LogP contribution < -0.4 is 15.4 Å². The summed E-state index contributed by atoms with van der Waals surface area (Å²) >= 11 is 0. The van der Waals surface area contributed by atoms with Crippen LogP contribution in [0.1, 0.15) is 36.1 Å². The van der Waals surface area contributed by atoms with E-state index >= 15 is 0 Å². The van der Waals surface area contributed by atoms with E-state index in [-0.39, 0.29) is 6.04 Å². The molecule has 8 nitrogen and oxygen atoms in total. The van der Waals surface area contributed by atoms with Gasteiger partial charge in [-0.25, -0.2) is 4.99 Å². The molecule has 0 saturated heterocycles. The molecule has 0 saturated carbocycles. The highest BCUT2D eigenvalue weighted by Crippen LogP contribution is 2.22. The lowest BCUT2D eigenvalue weighted by atomic mass is 10.1. The first-order valence-electron chi connectivity index (χ1n) is 10.8. The third-order valence-corrected chi connectivity index (χ3v) is 4.92. The summed E-state index contributed by atoms with van der Waals surface area (Å²) in [6.45, 7) is 7.51. The van der Waals surface area contributed by atoms with Crippen molar-refractivity contribution in [1.29, 1.82) is 0 Å². The van der Waals surface area contributed by atoms with Gasteiger partial charge in [-0.2, -0.15) is 5.10 Å². The average Bonchev–Trinajstić information content (AvgIpc) is 3.16. The summed E-state index contributed by atoms with van der Waals surface area (Å²) in [5.41, 5.74) is 3.41. The minimum Gasteiger partial charge on any atom is -0.493 e. The van der Waals surface area contributed by atoms with Crippen molar-refractivity contribution in [1.82, 2.24) is 25.3 Å². The molecule has 0 bridgehead atoms. The highest BCUT2D eigenvalue weighted by molar-refractivity contribution is 5.79. The molecular formula is C23H38N6O2. The number of ether oxygens (including phenoxy) is 2. The number of guanidine groups is 1. The zero-order valence-electron chi connectivity index (χ0n) is 19.8. The van der Waals surface area contributed by atoms with E-state index in [0.717, 1.165) is 36.8 Å². The van der Waals surface area contributed by atoms with E-state index in [4.69, 9.17) is 14.5 Å². The van der Waals surface area contributed by atoms with Crippen LogP contribution in [0.5, 0.6) is 5.75 Å². The van der Waals surface area contributed by atoms with Crippen LogP contribution in [0, 0.1) is 6.92 Å². The summed E-state index contributed by atoms with van der Waals surface area (Å²) < 4.78 is 12.9. The van der Waals surface area contributed by atoms with Crippen molar-refractivity contribution in [3.8, 4) is 5.75 Å². The lowest BCUT2D eigenvalue weighted by Crippen LogP contribution is -2.41. The van der Waals surface area contributed by atoms with Gasteiger partial charge in [-0.3, -0.25) is 4.68 Å². The zero-order chi connectivity index (χ0) is 22.6. The minimum atomic E-state index is 0.191. The summed E-state index contributed by atoms with van der Waals surface area (Å²) in [6.07, 6.45) is 4.82. The van der Waals surface area contributed by atoms with Crippen LogP contribution in [0.25, 0.3) is 0 Å². The molecule has 1 aromatic heterocycles. The van der Waals surface area contributed by atoms with Crippen molar-refractivity contribution in [2.75, 3.05) is 47.5 Å². The quantitative estimate of drug-likeness (QED) is 0.306. The second-order valence-corrected chi connectivity index (χ2v) is 7.81. The van der Waals surface area contributed by atoms with E-state index in [0.29, 0.717) is 19.8 Å². The highest BCUT2D eigenvalue weighted by atomic mass is 16.5. The van der Waals surface area contributed by atoms with Crippen LogP contribution in [-0.2, 0) is 18.3 Å². The summed E-state index contributed by atoms with van der Waals surface area (Å²) in [7, 11) is 7.79. The summed E-state index contributed by atoms with van der Waals surface area (Å²) in [5.74, 6) is 1.67. The number of nitrogens with one attached hydrogen (secondary N) is 2. The molecule has 31 heavy (non-hydrogen) atoms. The van der Waals surface area contributed by atoms with Crippen LogP contribution >= 0.6 is 0 Å². The number of aromatic nitrogens is 2. The van der Waals surface area contributed by atoms with E-state index in [1.807, 2.05) is 17.9 Å². The van der Waals surface area contributed by atoms with Crippen LogP contribution in [0.15, 0.2) is 35.6 Å². The van der Waals surface area contributed by atoms with Gasteiger partial charge in [-0.05, 0) is 39.6 Å². The predicted molar refractivity (Wildman–Crippen MR) is 126 cm³/mol. The second-order valence-electron chi connectivity index (χ2n) is 7.81. The molecule has 1 aromatic carbocycles. The maximum absolute atomic E-state index is 6.00. The molecule has 0 aliphatic heterocycles. The fourth-order valence-electron chi connectivity index (χ4n) is 3.22. The Kier molecular flexibility index (Phi) is 10.3. The van der Waals surface area contributed by atoms with Crippen molar-refractivity contribution < 1.29 is 9.47 Å². The SMILES string of the molecule is CCNC(=NCc1ccc(C)cc1OCCCOC)NCC(c1cnn(C)c1)N(C)C. The van der Waals surface area contributed by atoms with Crippen LogP contribution in [0.3, 0.4) is 0 Å². The van der Waals surface area contributed by atoms with Crippen molar-refractivity contribution in [3.63, 3.8) is 0 Å². The van der Waals surface area contributed by atoms with Gasteiger partial charge in [-0.15, -0.1) is 0 Å². The molecule has 0 radical (unpaired) electrons. The number of nitrogens with zero attached hydrogens (tertiary/aromatic N) is 4. The highest BCUT2D eigenvalue weighted by Gasteiger charge is 2.16. The summed E-state index contributed by atoms with van der Waals surface area (Å²) in [6, 6.07) is 6.45. The number of hydrogen-bond donors (Lipinski definition) is 2. The Morgan fingerprint density at radius 2 is 2.06 bits per heavy atom. The Morgan fingerprint density at radius 3 is 2.71 bits per heavy atom. The lowest BCUT2D eigenvalue weighted by molar-refractivity contribution is 0.172. The van der Waals surface area contributed by atoms with Crippen molar-refractivity contribution in [3.05, 3.63) is 47.3 Å². The molecule has 0 spiro atoms. The monoisotopic (exact) mass is 430 g/mol. The van der Waals surface area contributed by atoms with E-state index in [1.165, 1.54) is 11.1 Å². The molecular weight excluding hydrogens is 392 g/mol. The molecule has 1 heterocycles. The molecule has 8 heteroatoms. The van der Waals surface area contributed by atoms with Crippen molar-refractivity contribution >= 4 is 5.96 Å². The summed E-state index contributed by atoms with van der Waals surface area (Å²) in [5, 5.41) is 11.1. The molecule has 0 amide bonds. The third kappa shape index (κ3) is 8.22. The smallest absolute Gasteiger partial charge is 0.191 e. The number of methoxy groups -OCH3 is 1. The van der Waals surface area contributed by atoms with Gasteiger partial charge >= 0.3 is 0 Å². The largest absolute Gasteiger partial charge is 0.493 e. The number of aryl methyl sites for hydroxylation is 2. The topological polar surface area (TPSA) is 75.9 Å². The number of benzene rings is 1. The van der Waals surface area contributed by atoms with Crippen molar-refractivity contribution in [2.45, 2.75) is 32.9 Å². The van der Waals surface area contributed by atoms with Crippen LogP contribution in [0.4, 0.5) is 0 Å². The van der Waals surface area contributed by atoms with E-state index in [9.17, 15) is 0 Å². The maximum Gasteiger partial charge on any atom is 0.191 e. The maximum atomic E-state index is 6.00. The molecule has 2 N–H and O–H groups in total. The van der Waals surface area contributed by atoms with Crippen LogP contribution in [0.2, 0.25) is 0 Å². The van der Waals surface area contributed by atoms with Gasteiger partial charge in [0, 0.05) is 57.6 Å². The van der Waals surface area contributed by atoms with Gasteiger partial charge in [0.05, 0.1) is 25.4 Å². The molecule has 1 atom stereocenters. The zero-order valence-corrected chi connectivity index (χ0v) is 19.8. The minimum absolute atomic E-state index is 0.191. The molecule has 0 aliphatic carbocycles. The Labute approximate surface area is 186 Å². The fraction of sp³-hybridized carbons (Fsp3) is 0.565. The number of hydrogen-bond acceptors (Lipinski definition) is 5. The number of rotatable bonds is 12. The molecule has 0 fully saturated rings. The molecule has 2 aromatic rings. The van der Waals surface area contributed by atoms with Gasteiger partial charge in [0.1, 0.15) is 5.75 Å². The third-order valence-electron chi connectivity index (χ3n) is 4.92. The molecule has 0 aliphatic rings. The molecule has 1 unspecified atom stereocenters. The van der Waals surface area contributed by atoms with Crippen LogP contribution in [-0.4, -0.2) is 68.1 Å². The standard InChI is InChI=1S/C23H38N6O2/c1-7-24-23(26-16-21(28(3)4)20-15-27-29(5)17-20)25-14-19-10-9-18(2)13-22(19)31-12-8-11-30-6/h9-10,13,15,17,21H,7-8,11-12,14,16H2,1-6H3,(H2,24,25,26). The molecule has 172 valence electrons. The van der Waals surface area contributed by atoms with Gasteiger partial charge in [0.25, 0.3) is 0 Å². The van der Waals surface area contributed by atoms with Crippen molar-refractivity contribution in [2.24, 2.45) is 12.0 Å². The Balaban J connectivity index is 2.06. The number of likely N-dealkylation sites (N-methyl/N-ethyl adjacent to an activating group) is 1. The lowest BCUT2D eigenvalue weighted by Gasteiger charge is -2.24. The second kappa shape index (κ2) is 13.0. The number of aliphatic imine (C=N–C) groups is 1. The first-order valence-corrected chi connectivity index (χ1v) is 10.8. The Hall–Kier alpha value is -2.58. The van der Waals surface area contributed by atoms with E-state index < -0.39 is 0 Å². The van der Waals surface area contributed by atoms with Gasteiger partial charge in [0.2, 0.25) is 0 Å². The van der Waals surface area contributed by atoms with E-state index in [2.05, 4.69) is 73.0 Å². The van der Waals surface area contributed by atoms with Gasteiger partial charge in [0.15, 0.2) is 5.96 Å². The summed E-state index contributed by atoms with van der Waals surface area (Å²) in [4.78, 5) is 6.98. The normalized spacial score (nSPS) is 12.8. The van der Waals surface area contributed by atoms with E-state index in [1.54, 1.807) is 7.11 Å². The Bertz CT molecular complexity index is 818. The Morgan fingerprint density at radius 1 is 1.26 bits per heavy atom. The average molecular weight is 431 g/mol. The van der Waals surface area contributed by atoms with Gasteiger partial charge < -0.3 is 25.0 Å². The van der Waals surface area contributed by atoms with Gasteiger partial charge in [-0.1, -0.05) is 12.1 Å². The predicted octanol–water partition coefficient (Wildman–Crippen LogP) is 2.50. The molecule has 2 rings (SSSR count). The fourth-order valence-corrected chi connectivity index (χ4v) is 3.22. The first-order chi connectivity index (χ1) is 14.9. The first kappa shape index (κ1) is 24.7.